The van der Waals surface area contributed by atoms with Crippen molar-refractivity contribution in [2.45, 2.75) is 33.3 Å². The minimum atomic E-state index is -1.39. The number of hydrogen-bond donors (Lipinski definition) is 3. The summed E-state index contributed by atoms with van der Waals surface area (Å²) in [5.41, 5.74) is 2.20. The molecule has 0 saturated heterocycles. The van der Waals surface area contributed by atoms with E-state index in [9.17, 15) is 9.28 Å². The summed E-state index contributed by atoms with van der Waals surface area (Å²) >= 11 is 0. The molecule has 0 aromatic carbocycles. The van der Waals surface area contributed by atoms with Crippen LogP contribution in [-0.2, 0) is 4.52 Å². The average molecular weight is 391 g/mol. The highest BCUT2D eigenvalue weighted by Gasteiger charge is 2.13. The average Bonchev–Trinajstić information content (AvgIpc) is 3.02. The van der Waals surface area contributed by atoms with Gasteiger partial charge in [0.05, 0.1) is 12.3 Å². The van der Waals surface area contributed by atoms with Crippen LogP contribution in [0.2, 0.25) is 0 Å². The predicted octanol–water partition coefficient (Wildman–Crippen LogP) is 4.00. The van der Waals surface area contributed by atoms with Crippen molar-refractivity contribution in [3.05, 3.63) is 36.0 Å². The summed E-state index contributed by atoms with van der Waals surface area (Å²) in [7, 11) is -1.39. The Labute approximate surface area is 158 Å². The SMILES string of the molecule is Cc1cnc(-c2c[nH]c3ncc(F)cc23)nc1NCCCP(O)OC(C)C. The van der Waals surface area contributed by atoms with Crippen LogP contribution in [0.3, 0.4) is 0 Å². The molecule has 3 aromatic rings. The van der Waals surface area contributed by atoms with Gasteiger partial charge in [-0.15, -0.1) is 0 Å². The summed E-state index contributed by atoms with van der Waals surface area (Å²) in [4.78, 5) is 25.8. The molecule has 3 rings (SSSR count). The van der Waals surface area contributed by atoms with E-state index < -0.39 is 14.2 Å². The van der Waals surface area contributed by atoms with E-state index in [1.165, 1.54) is 12.3 Å². The number of rotatable bonds is 8. The van der Waals surface area contributed by atoms with E-state index in [-0.39, 0.29) is 6.10 Å². The van der Waals surface area contributed by atoms with E-state index in [2.05, 4.69) is 25.3 Å². The highest BCUT2D eigenvalue weighted by atomic mass is 31.2. The summed E-state index contributed by atoms with van der Waals surface area (Å²) in [6, 6.07) is 1.42. The van der Waals surface area contributed by atoms with Gasteiger partial charge in [-0.2, -0.15) is 0 Å². The standard InChI is InChI=1S/C18H23FN5O2P/c1-11(2)26-27(25)6-4-5-20-16-12(3)8-21-18(24-16)15-10-23-17-14(15)7-13(19)9-22-17/h7-11,25H,4-6H2,1-3H3,(H,22,23)(H,20,21,24). The molecule has 0 aliphatic heterocycles. The number of hydrogen-bond acceptors (Lipinski definition) is 6. The van der Waals surface area contributed by atoms with Gasteiger partial charge < -0.3 is 19.7 Å². The molecule has 9 heteroatoms. The highest BCUT2D eigenvalue weighted by molar-refractivity contribution is 7.46. The third-order valence-electron chi connectivity index (χ3n) is 3.86. The summed E-state index contributed by atoms with van der Waals surface area (Å²) in [6.45, 7) is 6.38. The lowest BCUT2D eigenvalue weighted by molar-refractivity contribution is 0.240. The van der Waals surface area contributed by atoms with Gasteiger partial charge in [0.2, 0.25) is 0 Å². The first kappa shape index (κ1) is 19.6. The third-order valence-corrected chi connectivity index (χ3v) is 5.23. The molecule has 3 N–H and O–H groups in total. The molecule has 0 fully saturated rings. The zero-order valence-corrected chi connectivity index (χ0v) is 16.4. The second kappa shape index (κ2) is 8.69. The fourth-order valence-electron chi connectivity index (χ4n) is 2.63. The maximum absolute atomic E-state index is 13.5. The Morgan fingerprint density at radius 3 is 2.93 bits per heavy atom. The minimum absolute atomic E-state index is 0.0243. The number of anilines is 1. The van der Waals surface area contributed by atoms with Crippen LogP contribution in [0.5, 0.6) is 0 Å². The van der Waals surface area contributed by atoms with Crippen molar-refractivity contribution < 1.29 is 13.8 Å². The fraction of sp³-hybridized carbons (Fsp3) is 0.389. The predicted molar refractivity (Wildman–Crippen MR) is 105 cm³/mol. The molecule has 1 unspecified atom stereocenters. The summed E-state index contributed by atoms with van der Waals surface area (Å²) in [5.74, 6) is 0.804. The number of pyridine rings is 1. The summed E-state index contributed by atoms with van der Waals surface area (Å²) in [5, 5.41) is 3.92. The van der Waals surface area contributed by atoms with E-state index in [0.717, 1.165) is 12.0 Å². The van der Waals surface area contributed by atoms with Crippen molar-refractivity contribution in [2.75, 3.05) is 18.0 Å². The lowest BCUT2D eigenvalue weighted by Gasteiger charge is -2.14. The minimum Gasteiger partial charge on any atom is -0.370 e. The lowest BCUT2D eigenvalue weighted by Crippen LogP contribution is -2.08. The molecule has 0 saturated carbocycles. The van der Waals surface area contributed by atoms with Crippen molar-refractivity contribution in [2.24, 2.45) is 0 Å². The van der Waals surface area contributed by atoms with E-state index in [0.29, 0.717) is 40.9 Å². The first-order valence-corrected chi connectivity index (χ1v) is 10.2. The van der Waals surface area contributed by atoms with Crippen LogP contribution in [0.25, 0.3) is 22.4 Å². The zero-order valence-electron chi connectivity index (χ0n) is 15.5. The smallest absolute Gasteiger partial charge is 0.168 e. The summed E-state index contributed by atoms with van der Waals surface area (Å²) < 4.78 is 18.9. The van der Waals surface area contributed by atoms with Crippen LogP contribution in [0.1, 0.15) is 25.8 Å². The van der Waals surface area contributed by atoms with Gasteiger partial charge in [-0.25, -0.2) is 19.3 Å². The maximum Gasteiger partial charge on any atom is 0.168 e. The van der Waals surface area contributed by atoms with Crippen molar-refractivity contribution in [3.63, 3.8) is 0 Å². The molecular weight excluding hydrogens is 368 g/mol. The van der Waals surface area contributed by atoms with Gasteiger partial charge in [0.1, 0.15) is 17.3 Å². The Kier molecular flexibility index (Phi) is 6.31. The van der Waals surface area contributed by atoms with Crippen LogP contribution in [0, 0.1) is 12.7 Å². The monoisotopic (exact) mass is 391 g/mol. The van der Waals surface area contributed by atoms with Gasteiger partial charge in [0.15, 0.2) is 14.2 Å². The second-order valence-electron chi connectivity index (χ2n) is 6.49. The molecular formula is C18H23FN5O2P. The number of nitrogens with one attached hydrogen (secondary N) is 2. The number of aromatic nitrogens is 4. The van der Waals surface area contributed by atoms with E-state index in [1.54, 1.807) is 12.4 Å². The fourth-order valence-corrected chi connectivity index (χ4v) is 3.65. The summed E-state index contributed by atoms with van der Waals surface area (Å²) in [6.07, 6.45) is 6.02. The number of aromatic amines is 1. The van der Waals surface area contributed by atoms with Gasteiger partial charge in [-0.05, 0) is 33.3 Å². The Hall–Kier alpha value is -2.15. The molecule has 0 radical (unpaired) electrons. The van der Waals surface area contributed by atoms with Gasteiger partial charge in [0.25, 0.3) is 0 Å². The lowest BCUT2D eigenvalue weighted by atomic mass is 10.2. The second-order valence-corrected chi connectivity index (χ2v) is 7.85. The molecule has 0 spiro atoms. The highest BCUT2D eigenvalue weighted by Crippen LogP contribution is 2.33. The Balaban J connectivity index is 1.70. The number of H-pyrrole nitrogens is 1. The first-order valence-electron chi connectivity index (χ1n) is 8.77. The number of halogens is 1. The Morgan fingerprint density at radius 2 is 2.15 bits per heavy atom. The van der Waals surface area contributed by atoms with Crippen LogP contribution in [0.4, 0.5) is 10.2 Å². The molecule has 3 aromatic heterocycles. The Bertz CT molecular complexity index is 918. The van der Waals surface area contributed by atoms with Gasteiger partial charge >= 0.3 is 0 Å². The quantitative estimate of drug-likeness (QED) is 0.397. The number of aryl methyl sites for hydroxylation is 1. The number of fused-ring (bicyclic) bond motifs is 1. The molecule has 0 aliphatic carbocycles. The van der Waals surface area contributed by atoms with Gasteiger partial charge in [-0.3, -0.25) is 0 Å². The largest absolute Gasteiger partial charge is 0.370 e. The van der Waals surface area contributed by atoms with Crippen LogP contribution < -0.4 is 5.32 Å². The number of nitrogens with zero attached hydrogens (tertiary/aromatic N) is 3. The van der Waals surface area contributed by atoms with Gasteiger partial charge in [0, 0.05) is 41.6 Å². The van der Waals surface area contributed by atoms with Crippen molar-refractivity contribution in [1.29, 1.82) is 0 Å². The molecule has 7 nitrogen and oxygen atoms in total. The maximum atomic E-state index is 13.5. The van der Waals surface area contributed by atoms with Crippen LogP contribution in [-0.4, -0.2) is 43.6 Å². The Morgan fingerprint density at radius 1 is 1.33 bits per heavy atom. The van der Waals surface area contributed by atoms with Crippen molar-refractivity contribution >= 4 is 25.2 Å². The van der Waals surface area contributed by atoms with E-state index in [4.69, 9.17) is 4.52 Å². The van der Waals surface area contributed by atoms with E-state index in [1.807, 2.05) is 20.8 Å². The molecule has 27 heavy (non-hydrogen) atoms. The molecule has 0 amide bonds. The molecule has 0 aliphatic rings. The van der Waals surface area contributed by atoms with Gasteiger partial charge in [-0.1, -0.05) is 0 Å². The third kappa shape index (κ3) is 4.97. The molecule has 3 heterocycles. The van der Waals surface area contributed by atoms with E-state index >= 15 is 0 Å². The molecule has 1 atom stereocenters. The first-order chi connectivity index (χ1) is 12.9. The topological polar surface area (TPSA) is 96.0 Å². The van der Waals surface area contributed by atoms with Crippen LogP contribution >= 0.6 is 8.38 Å². The molecule has 144 valence electrons. The van der Waals surface area contributed by atoms with Crippen molar-refractivity contribution in [1.82, 2.24) is 19.9 Å². The van der Waals surface area contributed by atoms with Crippen LogP contribution in [0.15, 0.2) is 24.7 Å². The zero-order chi connectivity index (χ0) is 19.4. The normalized spacial score (nSPS) is 12.7. The van der Waals surface area contributed by atoms with Crippen molar-refractivity contribution in [3.8, 4) is 11.4 Å². The molecule has 0 bridgehead atoms.